The number of allylic oxidation sites excluding steroid dienone is 2. The fraction of sp³-hybridized carbons (Fsp3) is 0.526. The van der Waals surface area contributed by atoms with Crippen LogP contribution >= 0.6 is 11.3 Å². The van der Waals surface area contributed by atoms with Gasteiger partial charge in [-0.1, -0.05) is 13.8 Å². The normalized spacial score (nSPS) is 19.6. The van der Waals surface area contributed by atoms with E-state index in [0.29, 0.717) is 30.0 Å². The van der Waals surface area contributed by atoms with E-state index in [9.17, 15) is 14.7 Å². The molecule has 0 amide bonds. The van der Waals surface area contributed by atoms with Crippen LogP contribution < -0.4 is 0 Å². The smallest absolute Gasteiger partial charge is 0.341 e. The zero-order valence-corrected chi connectivity index (χ0v) is 15.7. The topological polar surface area (TPSA) is 76.0 Å². The third kappa shape index (κ3) is 3.54. The summed E-state index contributed by atoms with van der Waals surface area (Å²) in [4.78, 5) is 30.2. The van der Waals surface area contributed by atoms with Crippen molar-refractivity contribution in [3.63, 3.8) is 0 Å². The lowest BCUT2D eigenvalue weighted by atomic mass is 9.77. The summed E-state index contributed by atoms with van der Waals surface area (Å²) in [6.07, 6.45) is 5.09. The Morgan fingerprint density at radius 3 is 2.80 bits per heavy atom. The number of fused-ring (bicyclic) bond motifs is 1. The predicted octanol–water partition coefficient (Wildman–Crippen LogP) is 4.32. The second-order valence-corrected chi connectivity index (χ2v) is 8.40. The molecule has 5 nitrogen and oxygen atoms in total. The van der Waals surface area contributed by atoms with E-state index in [-0.39, 0.29) is 28.5 Å². The van der Waals surface area contributed by atoms with Crippen LogP contribution in [-0.2, 0) is 22.4 Å². The monoisotopic (exact) mass is 361 g/mol. The minimum atomic E-state index is -0.358. The van der Waals surface area contributed by atoms with Crippen LogP contribution in [0, 0.1) is 5.41 Å². The van der Waals surface area contributed by atoms with E-state index in [1.54, 1.807) is 6.92 Å². The Balaban J connectivity index is 1.94. The Labute approximate surface area is 151 Å². The van der Waals surface area contributed by atoms with E-state index >= 15 is 0 Å². The van der Waals surface area contributed by atoms with E-state index in [0.717, 1.165) is 24.8 Å². The molecular formula is C19H23NO4S. The lowest BCUT2D eigenvalue weighted by Gasteiger charge is -2.28. The summed E-state index contributed by atoms with van der Waals surface area (Å²) in [7, 11) is 0. The zero-order valence-electron chi connectivity index (χ0n) is 14.8. The van der Waals surface area contributed by atoms with E-state index in [1.807, 2.05) is 13.8 Å². The van der Waals surface area contributed by atoms with E-state index < -0.39 is 0 Å². The number of carbonyl (C=O) groups is 2. The molecule has 1 aromatic rings. The second kappa shape index (κ2) is 6.75. The van der Waals surface area contributed by atoms with Gasteiger partial charge in [0.1, 0.15) is 10.8 Å². The first-order valence-electron chi connectivity index (χ1n) is 8.63. The molecule has 1 N–H and O–H groups in total. The van der Waals surface area contributed by atoms with Crippen molar-refractivity contribution < 1.29 is 19.4 Å². The molecule has 0 bridgehead atoms. The molecule has 134 valence electrons. The Morgan fingerprint density at radius 2 is 2.12 bits per heavy atom. The minimum absolute atomic E-state index is 0.0757. The van der Waals surface area contributed by atoms with E-state index in [2.05, 4.69) is 4.99 Å². The first-order valence-corrected chi connectivity index (χ1v) is 9.45. The van der Waals surface area contributed by atoms with Crippen molar-refractivity contribution in [1.29, 1.82) is 0 Å². The Bertz CT molecular complexity index is 786. The Morgan fingerprint density at radius 1 is 1.36 bits per heavy atom. The van der Waals surface area contributed by atoms with Gasteiger partial charge in [-0.15, -0.1) is 11.3 Å². The van der Waals surface area contributed by atoms with Crippen molar-refractivity contribution >= 4 is 34.3 Å². The first-order chi connectivity index (χ1) is 11.8. The van der Waals surface area contributed by atoms with E-state index in [1.165, 1.54) is 22.4 Å². The Kier molecular flexibility index (Phi) is 4.82. The summed E-state index contributed by atoms with van der Waals surface area (Å²) in [6.45, 7) is 6.00. The largest absolute Gasteiger partial charge is 0.511 e. The molecule has 0 aromatic carbocycles. The second-order valence-electron chi connectivity index (χ2n) is 7.32. The fourth-order valence-corrected chi connectivity index (χ4v) is 4.69. The summed E-state index contributed by atoms with van der Waals surface area (Å²) in [5.74, 6) is -0.394. The van der Waals surface area contributed by atoms with Crippen LogP contribution in [-0.4, -0.2) is 29.7 Å². The quantitative estimate of drug-likeness (QED) is 0.640. The Hall–Kier alpha value is -1.95. The van der Waals surface area contributed by atoms with Crippen LogP contribution in [0.2, 0.25) is 0 Å². The van der Waals surface area contributed by atoms with Gasteiger partial charge in [-0.3, -0.25) is 4.79 Å². The van der Waals surface area contributed by atoms with Gasteiger partial charge < -0.3 is 9.84 Å². The number of thiophene rings is 1. The van der Waals surface area contributed by atoms with Gasteiger partial charge in [-0.05, 0) is 37.2 Å². The number of Topliss-reactive ketones (excluding diaryl/α,β-unsaturated/α-hetero) is 1. The lowest BCUT2D eigenvalue weighted by molar-refractivity contribution is -0.117. The van der Waals surface area contributed by atoms with Gasteiger partial charge in [-0.2, -0.15) is 0 Å². The highest BCUT2D eigenvalue weighted by Gasteiger charge is 2.32. The van der Waals surface area contributed by atoms with Gasteiger partial charge >= 0.3 is 5.97 Å². The summed E-state index contributed by atoms with van der Waals surface area (Å²) in [5, 5.41) is 10.8. The van der Waals surface area contributed by atoms with Crippen molar-refractivity contribution in [1.82, 2.24) is 0 Å². The number of aryl methyl sites for hydroxylation is 1. The highest BCUT2D eigenvalue weighted by atomic mass is 32.1. The summed E-state index contributed by atoms with van der Waals surface area (Å²) >= 11 is 1.48. The maximum atomic E-state index is 12.3. The predicted molar refractivity (Wildman–Crippen MR) is 98.1 cm³/mol. The molecule has 0 fully saturated rings. The molecule has 0 saturated carbocycles. The maximum absolute atomic E-state index is 12.3. The molecule has 25 heavy (non-hydrogen) atoms. The van der Waals surface area contributed by atoms with Crippen molar-refractivity contribution in [3.05, 3.63) is 27.3 Å². The number of aliphatic imine (C=N–C) groups is 1. The third-order valence-electron chi connectivity index (χ3n) is 4.59. The third-order valence-corrected chi connectivity index (χ3v) is 5.79. The van der Waals surface area contributed by atoms with Gasteiger partial charge in [0.15, 0.2) is 5.78 Å². The number of carbonyl (C=O) groups excluding carboxylic acids is 2. The number of aliphatic hydroxyl groups excluding tert-OH is 1. The number of hydrogen-bond acceptors (Lipinski definition) is 6. The highest BCUT2D eigenvalue weighted by Crippen LogP contribution is 2.41. The number of nitrogens with zero attached hydrogens (tertiary/aromatic N) is 1. The van der Waals surface area contributed by atoms with Crippen LogP contribution in [0.15, 0.2) is 16.3 Å². The molecule has 0 unspecified atom stereocenters. The van der Waals surface area contributed by atoms with E-state index in [4.69, 9.17) is 4.74 Å². The number of esters is 1. The van der Waals surface area contributed by atoms with Crippen LogP contribution in [0.25, 0.3) is 0 Å². The molecule has 6 heteroatoms. The molecule has 0 aliphatic heterocycles. The first kappa shape index (κ1) is 17.9. The van der Waals surface area contributed by atoms with Crippen molar-refractivity contribution in [2.24, 2.45) is 10.4 Å². The van der Waals surface area contributed by atoms with Crippen LogP contribution in [0.5, 0.6) is 0 Å². The minimum Gasteiger partial charge on any atom is -0.511 e. The molecule has 0 atom stereocenters. The average molecular weight is 361 g/mol. The van der Waals surface area contributed by atoms with Crippen molar-refractivity contribution in [2.45, 2.75) is 52.9 Å². The molecule has 3 rings (SSSR count). The molecule has 2 aliphatic rings. The van der Waals surface area contributed by atoms with Gasteiger partial charge in [0.2, 0.25) is 0 Å². The number of ketones is 1. The molecular weight excluding hydrogens is 338 g/mol. The SMILES string of the molecule is CCOC(=O)c1c(/N=C/C2=C(O)CC(C)(C)CC2=O)sc2c1CCC2. The van der Waals surface area contributed by atoms with Crippen molar-refractivity contribution in [3.8, 4) is 0 Å². The number of hydrogen-bond donors (Lipinski definition) is 1. The molecule has 1 aromatic heterocycles. The summed E-state index contributed by atoms with van der Waals surface area (Å²) < 4.78 is 5.18. The molecule has 0 saturated heterocycles. The van der Waals surface area contributed by atoms with Gasteiger partial charge in [0.05, 0.1) is 17.7 Å². The lowest BCUT2D eigenvalue weighted by Crippen LogP contribution is -2.26. The fourth-order valence-electron chi connectivity index (χ4n) is 3.47. The van der Waals surface area contributed by atoms with Crippen LogP contribution in [0.3, 0.4) is 0 Å². The van der Waals surface area contributed by atoms with Crippen LogP contribution in [0.4, 0.5) is 5.00 Å². The standard InChI is InChI=1S/C19H23NO4S/c1-4-24-18(23)16-11-6-5-7-15(11)25-17(16)20-10-12-13(21)8-19(2,3)9-14(12)22/h10,21H,4-9H2,1-3H3/b20-10+. The zero-order chi connectivity index (χ0) is 18.2. The maximum Gasteiger partial charge on any atom is 0.341 e. The highest BCUT2D eigenvalue weighted by molar-refractivity contribution is 7.16. The number of aliphatic hydroxyl groups is 1. The van der Waals surface area contributed by atoms with Gasteiger partial charge in [-0.25, -0.2) is 9.79 Å². The number of ether oxygens (including phenoxy) is 1. The molecule has 0 radical (unpaired) electrons. The molecule has 2 aliphatic carbocycles. The van der Waals surface area contributed by atoms with Crippen molar-refractivity contribution in [2.75, 3.05) is 6.61 Å². The summed E-state index contributed by atoms with van der Waals surface area (Å²) in [5.41, 5.74) is 1.57. The number of rotatable bonds is 4. The molecule has 0 spiro atoms. The molecule has 1 heterocycles. The van der Waals surface area contributed by atoms with Gasteiger partial charge in [0, 0.05) is 23.9 Å². The summed E-state index contributed by atoms with van der Waals surface area (Å²) in [6, 6.07) is 0. The average Bonchev–Trinajstić information content (AvgIpc) is 3.05. The van der Waals surface area contributed by atoms with Crippen LogP contribution in [0.1, 0.15) is 60.8 Å². The van der Waals surface area contributed by atoms with Gasteiger partial charge in [0.25, 0.3) is 0 Å².